The maximum Gasteiger partial charge on any atom is 0.251 e. The molecule has 0 fully saturated rings. The molecule has 7 heteroatoms. The predicted molar refractivity (Wildman–Crippen MR) is 108 cm³/mol. The van der Waals surface area contributed by atoms with Gasteiger partial charge in [0.05, 0.1) is 11.2 Å². The molecule has 0 spiro atoms. The van der Waals surface area contributed by atoms with Crippen LogP contribution in [-0.4, -0.2) is 20.9 Å². The minimum absolute atomic E-state index is 0.130. The van der Waals surface area contributed by atoms with Gasteiger partial charge in [-0.3, -0.25) is 4.79 Å². The van der Waals surface area contributed by atoms with Crippen LogP contribution in [0, 0.1) is 13.8 Å². The maximum atomic E-state index is 13.4. The molecule has 1 aromatic heterocycles. The molecule has 0 saturated carbocycles. The fraction of sp³-hybridized carbons (Fsp3) is 0.190. The Kier molecular flexibility index (Phi) is 5.91. The number of benzene rings is 2. The van der Waals surface area contributed by atoms with E-state index in [1.807, 2.05) is 13.0 Å². The summed E-state index contributed by atoms with van der Waals surface area (Å²) in [6.07, 6.45) is 1.42. The van der Waals surface area contributed by atoms with Crippen LogP contribution in [0.15, 0.2) is 70.2 Å². The minimum atomic E-state index is -3.80. The summed E-state index contributed by atoms with van der Waals surface area (Å²) in [4.78, 5) is 12.7. The summed E-state index contributed by atoms with van der Waals surface area (Å²) in [6, 6.07) is 14.9. The van der Waals surface area contributed by atoms with Gasteiger partial charge in [0.15, 0.2) is 9.84 Å². The van der Waals surface area contributed by atoms with Crippen LogP contribution < -0.4 is 5.32 Å². The van der Waals surface area contributed by atoms with Crippen molar-refractivity contribution in [3.05, 3.63) is 88.3 Å². The SMILES string of the molecule is Cc1ccc(C)c(S(=O)(=O)[C@@H](CNC(=O)c2cccc(Cl)c2)c2ccco2)c1. The highest BCUT2D eigenvalue weighted by Crippen LogP contribution is 2.31. The van der Waals surface area contributed by atoms with Crippen LogP contribution in [0.2, 0.25) is 5.02 Å². The van der Waals surface area contributed by atoms with Gasteiger partial charge < -0.3 is 9.73 Å². The molecule has 0 aliphatic carbocycles. The molecule has 3 rings (SSSR count). The number of carbonyl (C=O) groups excluding carboxylic acids is 1. The van der Waals surface area contributed by atoms with Crippen molar-refractivity contribution < 1.29 is 17.6 Å². The van der Waals surface area contributed by atoms with Gasteiger partial charge in [0.25, 0.3) is 5.91 Å². The third kappa shape index (κ3) is 4.29. The van der Waals surface area contributed by atoms with Crippen LogP contribution in [0.4, 0.5) is 0 Å². The maximum absolute atomic E-state index is 13.4. The van der Waals surface area contributed by atoms with Crippen molar-refractivity contribution in [2.75, 3.05) is 6.54 Å². The van der Waals surface area contributed by atoms with Crippen molar-refractivity contribution in [2.24, 2.45) is 0 Å². The largest absolute Gasteiger partial charge is 0.468 e. The molecule has 0 unspecified atom stereocenters. The highest BCUT2D eigenvalue weighted by Gasteiger charge is 2.33. The van der Waals surface area contributed by atoms with Crippen molar-refractivity contribution in [3.8, 4) is 0 Å². The molecule has 0 bridgehead atoms. The quantitative estimate of drug-likeness (QED) is 0.640. The zero-order valence-corrected chi connectivity index (χ0v) is 17.0. The molecule has 3 aromatic rings. The molecular weight excluding hydrogens is 398 g/mol. The van der Waals surface area contributed by atoms with Crippen LogP contribution in [0.5, 0.6) is 0 Å². The van der Waals surface area contributed by atoms with Crippen LogP contribution in [0.25, 0.3) is 0 Å². The minimum Gasteiger partial charge on any atom is -0.468 e. The Bertz CT molecular complexity index is 1090. The molecule has 28 heavy (non-hydrogen) atoms. The van der Waals surface area contributed by atoms with Crippen molar-refractivity contribution >= 4 is 27.3 Å². The summed E-state index contributed by atoms with van der Waals surface area (Å²) in [6.45, 7) is 3.45. The van der Waals surface area contributed by atoms with Gasteiger partial charge in [-0.25, -0.2) is 8.42 Å². The monoisotopic (exact) mass is 417 g/mol. The molecular formula is C21H20ClNO4S. The van der Waals surface area contributed by atoms with Crippen LogP contribution in [0.3, 0.4) is 0 Å². The van der Waals surface area contributed by atoms with Crippen molar-refractivity contribution in [1.82, 2.24) is 5.32 Å². The second-order valence-corrected chi connectivity index (χ2v) is 9.07. The van der Waals surface area contributed by atoms with Gasteiger partial charge in [-0.15, -0.1) is 0 Å². The topological polar surface area (TPSA) is 76.4 Å². The molecule has 0 aliphatic rings. The summed E-state index contributed by atoms with van der Waals surface area (Å²) in [5.74, 6) is -0.137. The van der Waals surface area contributed by atoms with E-state index in [1.165, 1.54) is 12.3 Å². The number of hydrogen-bond donors (Lipinski definition) is 1. The van der Waals surface area contributed by atoms with Crippen LogP contribution >= 0.6 is 11.6 Å². The first-order valence-corrected chi connectivity index (χ1v) is 10.6. The molecule has 0 radical (unpaired) electrons. The van der Waals surface area contributed by atoms with E-state index in [-0.39, 0.29) is 17.2 Å². The van der Waals surface area contributed by atoms with E-state index in [1.54, 1.807) is 49.4 Å². The number of halogens is 1. The van der Waals surface area contributed by atoms with E-state index < -0.39 is 21.0 Å². The third-order valence-corrected chi connectivity index (χ3v) is 6.86. The van der Waals surface area contributed by atoms with Crippen LogP contribution in [0.1, 0.15) is 32.5 Å². The predicted octanol–water partition coefficient (Wildman–Crippen LogP) is 4.49. The molecule has 5 nitrogen and oxygen atoms in total. The van der Waals surface area contributed by atoms with Gasteiger partial charge in [-0.05, 0) is 61.4 Å². The zero-order valence-electron chi connectivity index (χ0n) is 15.5. The van der Waals surface area contributed by atoms with Gasteiger partial charge >= 0.3 is 0 Å². The fourth-order valence-corrected chi connectivity index (χ4v) is 5.03. The molecule has 1 heterocycles. The lowest BCUT2D eigenvalue weighted by molar-refractivity contribution is 0.0953. The summed E-state index contributed by atoms with van der Waals surface area (Å²) in [5.41, 5.74) is 1.84. The number of sulfone groups is 1. The van der Waals surface area contributed by atoms with Crippen LogP contribution in [-0.2, 0) is 9.84 Å². The van der Waals surface area contributed by atoms with E-state index in [2.05, 4.69) is 5.32 Å². The van der Waals surface area contributed by atoms with Crippen molar-refractivity contribution in [2.45, 2.75) is 24.0 Å². The first kappa shape index (κ1) is 20.2. The second-order valence-electron chi connectivity index (χ2n) is 6.54. The molecule has 1 atom stereocenters. The number of nitrogens with one attached hydrogen (secondary N) is 1. The molecule has 1 amide bonds. The highest BCUT2D eigenvalue weighted by molar-refractivity contribution is 7.91. The Morgan fingerprint density at radius 3 is 2.57 bits per heavy atom. The van der Waals surface area contributed by atoms with Crippen molar-refractivity contribution in [3.63, 3.8) is 0 Å². The zero-order chi connectivity index (χ0) is 20.3. The Hall–Kier alpha value is -2.57. The number of furan rings is 1. The van der Waals surface area contributed by atoms with Gasteiger partial charge in [0.2, 0.25) is 0 Å². The highest BCUT2D eigenvalue weighted by atomic mass is 35.5. The molecule has 1 N–H and O–H groups in total. The number of hydrogen-bond acceptors (Lipinski definition) is 4. The summed E-state index contributed by atoms with van der Waals surface area (Å²) >= 11 is 5.93. The van der Waals surface area contributed by atoms with E-state index in [0.717, 1.165) is 5.56 Å². The summed E-state index contributed by atoms with van der Waals surface area (Å²) < 4.78 is 32.1. The Balaban J connectivity index is 1.92. The normalized spacial score (nSPS) is 12.5. The average molecular weight is 418 g/mol. The number of rotatable bonds is 6. The lowest BCUT2D eigenvalue weighted by atomic mass is 10.2. The first-order valence-electron chi connectivity index (χ1n) is 8.67. The summed E-state index contributed by atoms with van der Waals surface area (Å²) in [5, 5.41) is 2.07. The van der Waals surface area contributed by atoms with Gasteiger partial charge in [-0.2, -0.15) is 0 Å². The van der Waals surface area contributed by atoms with Gasteiger partial charge in [0.1, 0.15) is 11.0 Å². The van der Waals surface area contributed by atoms with E-state index in [4.69, 9.17) is 16.0 Å². The fourth-order valence-electron chi connectivity index (χ4n) is 2.92. The first-order chi connectivity index (χ1) is 13.3. The Morgan fingerprint density at radius 1 is 1.11 bits per heavy atom. The number of carbonyl (C=O) groups is 1. The Morgan fingerprint density at radius 2 is 1.89 bits per heavy atom. The average Bonchev–Trinajstić information content (AvgIpc) is 3.17. The second kappa shape index (κ2) is 8.20. The standard InChI is InChI=1S/C21H20ClNO4S/c1-14-8-9-15(2)19(11-14)28(25,26)20(18-7-4-10-27-18)13-23-21(24)16-5-3-6-17(22)12-16/h3-12,20H,13H2,1-2H3,(H,23,24)/t20-/m0/s1. The molecule has 146 valence electrons. The lowest BCUT2D eigenvalue weighted by Gasteiger charge is -2.18. The van der Waals surface area contributed by atoms with E-state index in [0.29, 0.717) is 16.1 Å². The van der Waals surface area contributed by atoms with E-state index >= 15 is 0 Å². The lowest BCUT2D eigenvalue weighted by Crippen LogP contribution is -2.32. The smallest absolute Gasteiger partial charge is 0.251 e. The number of aryl methyl sites for hydroxylation is 2. The summed E-state index contributed by atoms with van der Waals surface area (Å²) in [7, 11) is -3.80. The van der Waals surface area contributed by atoms with E-state index in [9.17, 15) is 13.2 Å². The number of amides is 1. The molecule has 0 aliphatic heterocycles. The molecule has 2 aromatic carbocycles. The van der Waals surface area contributed by atoms with Gasteiger partial charge in [0, 0.05) is 17.1 Å². The third-order valence-electron chi connectivity index (χ3n) is 4.42. The van der Waals surface area contributed by atoms with Crippen molar-refractivity contribution in [1.29, 1.82) is 0 Å². The molecule has 0 saturated heterocycles. The van der Waals surface area contributed by atoms with Gasteiger partial charge in [-0.1, -0.05) is 29.8 Å². The Labute approximate surface area is 169 Å².